The number of nitrogens with zero attached hydrogens (tertiary/aromatic N) is 1. The zero-order valence-corrected chi connectivity index (χ0v) is 14.6. The van der Waals surface area contributed by atoms with Crippen molar-refractivity contribution in [3.63, 3.8) is 0 Å². The standard InChI is InChI=1S/C19H28N2O2/c1-13-8-15(3)16(9-14(13)2)6-5-7-21-11-17(18(22)12-21)10-19(23)20-4/h5-6,8-9,17-18,22H,7,10-12H2,1-4H3,(H,20,23)/b6-5+/t17-,18-/m1/s1. The first-order valence-electron chi connectivity index (χ1n) is 8.26. The Morgan fingerprint density at radius 3 is 2.65 bits per heavy atom. The molecule has 2 rings (SSSR count). The second-order valence-corrected chi connectivity index (χ2v) is 6.62. The van der Waals surface area contributed by atoms with Crippen molar-refractivity contribution < 1.29 is 9.90 Å². The number of aryl methyl sites for hydroxylation is 3. The van der Waals surface area contributed by atoms with Gasteiger partial charge < -0.3 is 10.4 Å². The van der Waals surface area contributed by atoms with Crippen molar-refractivity contribution in [2.24, 2.45) is 5.92 Å². The molecule has 1 aliphatic rings. The van der Waals surface area contributed by atoms with Crippen molar-refractivity contribution in [3.8, 4) is 0 Å². The molecule has 0 spiro atoms. The molecule has 2 atom stereocenters. The molecule has 4 heteroatoms. The predicted octanol–water partition coefficient (Wildman–Crippen LogP) is 2.05. The lowest BCUT2D eigenvalue weighted by Crippen LogP contribution is -2.27. The molecule has 4 nitrogen and oxygen atoms in total. The van der Waals surface area contributed by atoms with E-state index < -0.39 is 6.10 Å². The molecule has 2 N–H and O–H groups in total. The summed E-state index contributed by atoms with van der Waals surface area (Å²) < 4.78 is 0. The fourth-order valence-electron chi connectivity index (χ4n) is 3.12. The average Bonchev–Trinajstić information content (AvgIpc) is 2.84. The van der Waals surface area contributed by atoms with E-state index >= 15 is 0 Å². The number of hydrogen-bond acceptors (Lipinski definition) is 3. The summed E-state index contributed by atoms with van der Waals surface area (Å²) in [4.78, 5) is 13.7. The van der Waals surface area contributed by atoms with Crippen molar-refractivity contribution in [1.82, 2.24) is 10.2 Å². The highest BCUT2D eigenvalue weighted by molar-refractivity contribution is 5.75. The summed E-state index contributed by atoms with van der Waals surface area (Å²) in [6, 6.07) is 4.43. The van der Waals surface area contributed by atoms with Gasteiger partial charge in [0.2, 0.25) is 5.91 Å². The Hall–Kier alpha value is -1.65. The van der Waals surface area contributed by atoms with Crippen LogP contribution in [0.5, 0.6) is 0 Å². The van der Waals surface area contributed by atoms with Crippen molar-refractivity contribution in [3.05, 3.63) is 40.5 Å². The molecule has 0 radical (unpaired) electrons. The minimum atomic E-state index is -0.413. The average molecular weight is 316 g/mol. The molecule has 1 aromatic rings. The lowest BCUT2D eigenvalue weighted by molar-refractivity contribution is -0.122. The third-order valence-electron chi connectivity index (χ3n) is 4.75. The van der Waals surface area contributed by atoms with Crippen LogP contribution in [0.2, 0.25) is 0 Å². The second kappa shape index (κ2) is 7.75. The van der Waals surface area contributed by atoms with Gasteiger partial charge in [0.15, 0.2) is 0 Å². The molecule has 23 heavy (non-hydrogen) atoms. The monoisotopic (exact) mass is 316 g/mol. The van der Waals surface area contributed by atoms with E-state index in [1.54, 1.807) is 7.05 Å². The summed E-state index contributed by atoms with van der Waals surface area (Å²) in [5.74, 6) is 0.0314. The minimum absolute atomic E-state index is 0.00259. The van der Waals surface area contributed by atoms with Crippen molar-refractivity contribution in [2.75, 3.05) is 26.7 Å². The number of carbonyl (C=O) groups excluding carboxylic acids is 1. The molecule has 0 bridgehead atoms. The van der Waals surface area contributed by atoms with E-state index in [2.05, 4.69) is 55.3 Å². The molecule has 1 aliphatic heterocycles. The van der Waals surface area contributed by atoms with E-state index in [0.29, 0.717) is 13.0 Å². The maximum Gasteiger partial charge on any atom is 0.220 e. The largest absolute Gasteiger partial charge is 0.391 e. The van der Waals surface area contributed by atoms with Crippen molar-refractivity contribution in [2.45, 2.75) is 33.3 Å². The highest BCUT2D eigenvalue weighted by atomic mass is 16.3. The number of aliphatic hydroxyl groups excluding tert-OH is 1. The van der Waals surface area contributed by atoms with E-state index in [1.165, 1.54) is 22.3 Å². The van der Waals surface area contributed by atoms with Crippen LogP contribution in [0.25, 0.3) is 6.08 Å². The fourth-order valence-corrected chi connectivity index (χ4v) is 3.12. The number of rotatable bonds is 5. The Morgan fingerprint density at radius 1 is 1.26 bits per heavy atom. The topological polar surface area (TPSA) is 52.6 Å². The Balaban J connectivity index is 1.91. The number of aliphatic hydroxyl groups is 1. The first kappa shape index (κ1) is 17.7. The third-order valence-corrected chi connectivity index (χ3v) is 4.75. The Labute approximate surface area is 139 Å². The molecule has 1 amide bonds. The number of carbonyl (C=O) groups is 1. The number of likely N-dealkylation sites (tertiary alicyclic amines) is 1. The molecule has 126 valence electrons. The first-order valence-corrected chi connectivity index (χ1v) is 8.26. The van der Waals surface area contributed by atoms with Crippen molar-refractivity contribution in [1.29, 1.82) is 0 Å². The van der Waals surface area contributed by atoms with Gasteiger partial charge in [-0.2, -0.15) is 0 Å². The summed E-state index contributed by atoms with van der Waals surface area (Å²) in [7, 11) is 1.63. The van der Waals surface area contributed by atoms with Gasteiger partial charge >= 0.3 is 0 Å². The second-order valence-electron chi connectivity index (χ2n) is 6.62. The Bertz CT molecular complexity index is 595. The van der Waals surface area contributed by atoms with Gasteiger partial charge in [-0.1, -0.05) is 24.3 Å². The van der Waals surface area contributed by atoms with Crippen LogP contribution in [-0.4, -0.2) is 48.7 Å². The summed E-state index contributed by atoms with van der Waals surface area (Å²) in [5, 5.41) is 12.7. The molecule has 1 heterocycles. The predicted molar refractivity (Wildman–Crippen MR) is 94.3 cm³/mol. The summed E-state index contributed by atoms with van der Waals surface area (Å²) in [6.45, 7) is 8.60. The number of β-amino-alcohol motifs (C(OH)–C–C–N with tert-alkyl or cyclic N) is 1. The van der Waals surface area contributed by atoms with E-state index in [1.807, 2.05) is 0 Å². The molecule has 0 unspecified atom stereocenters. The molecule has 0 aliphatic carbocycles. The van der Waals surface area contributed by atoms with E-state index in [4.69, 9.17) is 0 Å². The summed E-state index contributed by atoms with van der Waals surface area (Å²) in [6.07, 6.45) is 4.28. The Kier molecular flexibility index (Phi) is 5.97. The SMILES string of the molecule is CNC(=O)C[C@@H]1CN(C/C=C/c2cc(C)c(C)cc2C)C[C@H]1O. The van der Waals surface area contributed by atoms with Gasteiger partial charge in [-0.15, -0.1) is 0 Å². The molecule has 0 aromatic heterocycles. The van der Waals surface area contributed by atoms with Gasteiger partial charge in [0.05, 0.1) is 6.10 Å². The number of amides is 1. The highest BCUT2D eigenvalue weighted by Crippen LogP contribution is 2.21. The number of hydrogen-bond donors (Lipinski definition) is 2. The molecule has 0 saturated carbocycles. The van der Waals surface area contributed by atoms with Gasteiger partial charge in [-0.3, -0.25) is 9.69 Å². The lowest BCUT2D eigenvalue weighted by atomic mass is 10.0. The molecular formula is C19H28N2O2. The van der Waals surface area contributed by atoms with Gasteiger partial charge in [-0.25, -0.2) is 0 Å². The highest BCUT2D eigenvalue weighted by Gasteiger charge is 2.31. The third kappa shape index (κ3) is 4.66. The van der Waals surface area contributed by atoms with E-state index in [0.717, 1.165) is 13.1 Å². The maximum atomic E-state index is 11.5. The normalized spacial score (nSPS) is 22.0. The smallest absolute Gasteiger partial charge is 0.220 e. The van der Waals surface area contributed by atoms with Crippen LogP contribution in [0.15, 0.2) is 18.2 Å². The van der Waals surface area contributed by atoms with Crippen LogP contribution in [-0.2, 0) is 4.79 Å². The van der Waals surface area contributed by atoms with Gasteiger partial charge in [0.1, 0.15) is 0 Å². The molecule has 1 fully saturated rings. The summed E-state index contributed by atoms with van der Waals surface area (Å²) >= 11 is 0. The van der Waals surface area contributed by atoms with Crippen LogP contribution < -0.4 is 5.32 Å². The Morgan fingerprint density at radius 2 is 1.96 bits per heavy atom. The van der Waals surface area contributed by atoms with Crippen LogP contribution in [0.4, 0.5) is 0 Å². The van der Waals surface area contributed by atoms with Crippen LogP contribution >= 0.6 is 0 Å². The van der Waals surface area contributed by atoms with Gasteiger partial charge in [-0.05, 0) is 43.0 Å². The number of benzene rings is 1. The molecular weight excluding hydrogens is 288 g/mol. The van der Waals surface area contributed by atoms with Crippen LogP contribution in [0.3, 0.4) is 0 Å². The van der Waals surface area contributed by atoms with E-state index in [-0.39, 0.29) is 11.8 Å². The quantitative estimate of drug-likeness (QED) is 0.874. The number of nitrogens with one attached hydrogen (secondary N) is 1. The minimum Gasteiger partial charge on any atom is -0.391 e. The molecule has 1 aromatic carbocycles. The zero-order chi connectivity index (χ0) is 17.0. The fraction of sp³-hybridized carbons (Fsp3) is 0.526. The van der Waals surface area contributed by atoms with Crippen LogP contribution in [0.1, 0.15) is 28.7 Å². The summed E-state index contributed by atoms with van der Waals surface area (Å²) in [5.41, 5.74) is 5.15. The van der Waals surface area contributed by atoms with Crippen LogP contribution in [0, 0.1) is 26.7 Å². The zero-order valence-electron chi connectivity index (χ0n) is 14.6. The first-order chi connectivity index (χ1) is 10.9. The lowest BCUT2D eigenvalue weighted by Gasteiger charge is -2.13. The maximum absolute atomic E-state index is 11.5. The van der Waals surface area contributed by atoms with Gasteiger partial charge in [0.25, 0.3) is 0 Å². The van der Waals surface area contributed by atoms with E-state index in [9.17, 15) is 9.90 Å². The molecule has 1 saturated heterocycles. The van der Waals surface area contributed by atoms with Gasteiger partial charge in [0, 0.05) is 39.0 Å². The van der Waals surface area contributed by atoms with Crippen molar-refractivity contribution >= 4 is 12.0 Å².